The summed E-state index contributed by atoms with van der Waals surface area (Å²) >= 11 is 0. The molecule has 1 aromatic carbocycles. The molecule has 0 bridgehead atoms. The van der Waals surface area contributed by atoms with E-state index in [0.29, 0.717) is 42.2 Å². The molecule has 2 aromatic heterocycles. The van der Waals surface area contributed by atoms with Crippen LogP contribution in [0.15, 0.2) is 53.2 Å². The van der Waals surface area contributed by atoms with Crippen molar-refractivity contribution < 1.29 is 18.7 Å². The Morgan fingerprint density at radius 2 is 1.94 bits per heavy atom. The lowest BCUT2D eigenvalue weighted by molar-refractivity contribution is -0.116. The highest BCUT2D eigenvalue weighted by Crippen LogP contribution is 2.27. The van der Waals surface area contributed by atoms with Gasteiger partial charge in [0.1, 0.15) is 5.75 Å². The summed E-state index contributed by atoms with van der Waals surface area (Å²) in [5.41, 5.74) is 0.905. The molecule has 1 aliphatic rings. The number of oxazole rings is 1. The monoisotopic (exact) mass is 435 g/mol. The van der Waals surface area contributed by atoms with Crippen molar-refractivity contribution in [2.45, 2.75) is 44.9 Å². The highest BCUT2D eigenvalue weighted by Gasteiger charge is 2.16. The van der Waals surface area contributed by atoms with Crippen molar-refractivity contribution in [1.29, 1.82) is 0 Å². The van der Waals surface area contributed by atoms with Crippen molar-refractivity contribution in [2.24, 2.45) is 5.92 Å². The summed E-state index contributed by atoms with van der Waals surface area (Å²) in [6.07, 6.45) is 10.2. The number of ether oxygens (including phenoxy) is 2. The number of anilines is 1. The van der Waals surface area contributed by atoms with Gasteiger partial charge in [0.15, 0.2) is 23.2 Å². The number of carbonyl (C=O) groups is 1. The van der Waals surface area contributed by atoms with Gasteiger partial charge in [-0.1, -0.05) is 19.3 Å². The second kappa shape index (κ2) is 10.8. The van der Waals surface area contributed by atoms with Crippen molar-refractivity contribution >= 4 is 11.7 Å². The van der Waals surface area contributed by atoms with Crippen LogP contribution in [0.1, 0.15) is 44.4 Å². The van der Waals surface area contributed by atoms with E-state index in [4.69, 9.17) is 13.9 Å². The topological polar surface area (TPSA) is 86.5 Å². The average molecular weight is 436 g/mol. The predicted octanol–water partition coefficient (Wildman–Crippen LogP) is 5.28. The van der Waals surface area contributed by atoms with Crippen LogP contribution in [0.5, 0.6) is 11.5 Å². The normalized spacial score (nSPS) is 14.2. The Balaban J connectivity index is 1.29. The SMILES string of the molecule is COc1ccc(-c2cnc(CCC(=O)Nc3ncccc3OCC3CCCCC3)o2)cc1. The van der Waals surface area contributed by atoms with Gasteiger partial charge in [0.05, 0.1) is 19.9 Å². The number of aromatic nitrogens is 2. The molecule has 7 nitrogen and oxygen atoms in total. The van der Waals surface area contributed by atoms with E-state index in [0.717, 1.165) is 11.3 Å². The molecule has 3 aromatic rings. The first-order chi connectivity index (χ1) is 15.7. The van der Waals surface area contributed by atoms with Crippen LogP contribution in [0, 0.1) is 5.92 Å². The number of nitrogens with zero attached hydrogens (tertiary/aromatic N) is 2. The van der Waals surface area contributed by atoms with Gasteiger partial charge in [-0.3, -0.25) is 4.79 Å². The molecule has 0 atom stereocenters. The molecule has 32 heavy (non-hydrogen) atoms. The molecule has 7 heteroatoms. The van der Waals surface area contributed by atoms with Gasteiger partial charge < -0.3 is 19.2 Å². The van der Waals surface area contributed by atoms with Crippen molar-refractivity contribution in [3.63, 3.8) is 0 Å². The zero-order chi connectivity index (χ0) is 22.2. The first kappa shape index (κ1) is 21.9. The molecule has 0 aliphatic heterocycles. The number of pyridine rings is 1. The number of benzene rings is 1. The minimum atomic E-state index is -0.157. The molecular weight excluding hydrogens is 406 g/mol. The maximum Gasteiger partial charge on any atom is 0.226 e. The summed E-state index contributed by atoms with van der Waals surface area (Å²) in [7, 11) is 1.63. The molecule has 0 spiro atoms. The van der Waals surface area contributed by atoms with Crippen LogP contribution in [-0.2, 0) is 11.2 Å². The summed E-state index contributed by atoms with van der Waals surface area (Å²) in [5.74, 6) is 3.45. The van der Waals surface area contributed by atoms with Crippen LogP contribution in [0.2, 0.25) is 0 Å². The van der Waals surface area contributed by atoms with Crippen LogP contribution in [0.3, 0.4) is 0 Å². The fraction of sp³-hybridized carbons (Fsp3) is 0.400. The minimum Gasteiger partial charge on any atom is -0.497 e. The van der Waals surface area contributed by atoms with Crippen molar-refractivity contribution in [3.05, 3.63) is 54.7 Å². The van der Waals surface area contributed by atoms with Crippen LogP contribution < -0.4 is 14.8 Å². The van der Waals surface area contributed by atoms with Gasteiger partial charge in [0.2, 0.25) is 5.91 Å². The predicted molar refractivity (Wildman–Crippen MR) is 122 cm³/mol. The maximum absolute atomic E-state index is 12.5. The molecule has 1 fully saturated rings. The summed E-state index contributed by atoms with van der Waals surface area (Å²) in [6.45, 7) is 0.666. The Morgan fingerprint density at radius 1 is 1.12 bits per heavy atom. The van der Waals surface area contributed by atoms with Crippen LogP contribution >= 0.6 is 0 Å². The lowest BCUT2D eigenvalue weighted by Crippen LogP contribution is -2.18. The molecule has 2 heterocycles. The molecule has 0 saturated heterocycles. The van der Waals surface area contributed by atoms with E-state index in [9.17, 15) is 4.79 Å². The van der Waals surface area contributed by atoms with Crippen LogP contribution in [-0.4, -0.2) is 29.6 Å². The average Bonchev–Trinajstić information content (AvgIpc) is 3.32. The second-order valence-electron chi connectivity index (χ2n) is 8.06. The summed E-state index contributed by atoms with van der Waals surface area (Å²) < 4.78 is 17.0. The Hall–Kier alpha value is -3.35. The number of methoxy groups -OCH3 is 1. The summed E-state index contributed by atoms with van der Waals surface area (Å²) in [4.78, 5) is 21.1. The van der Waals surface area contributed by atoms with E-state index in [-0.39, 0.29) is 12.3 Å². The smallest absolute Gasteiger partial charge is 0.226 e. The standard InChI is InChI=1S/C25H29N3O4/c1-30-20-11-9-19(10-12-20)22-16-27-24(32-22)14-13-23(29)28-25-21(8-5-15-26-25)31-17-18-6-3-2-4-7-18/h5,8-12,15-16,18H,2-4,6-7,13-14,17H2,1H3,(H,26,28,29). The number of aryl methyl sites for hydroxylation is 1. The molecule has 0 unspecified atom stereocenters. The number of nitrogens with one attached hydrogen (secondary N) is 1. The second-order valence-corrected chi connectivity index (χ2v) is 8.06. The third-order valence-electron chi connectivity index (χ3n) is 5.72. The zero-order valence-electron chi connectivity index (χ0n) is 18.4. The van der Waals surface area contributed by atoms with Gasteiger partial charge >= 0.3 is 0 Å². The summed E-state index contributed by atoms with van der Waals surface area (Å²) in [5, 5.41) is 2.86. The molecule has 1 saturated carbocycles. The third-order valence-corrected chi connectivity index (χ3v) is 5.72. The Morgan fingerprint density at radius 3 is 2.72 bits per heavy atom. The molecule has 1 N–H and O–H groups in total. The minimum absolute atomic E-state index is 0.157. The number of rotatable bonds is 9. The maximum atomic E-state index is 12.5. The molecule has 0 radical (unpaired) electrons. The number of hydrogen-bond donors (Lipinski definition) is 1. The van der Waals surface area contributed by atoms with E-state index < -0.39 is 0 Å². The van der Waals surface area contributed by atoms with Gasteiger partial charge in [0.25, 0.3) is 0 Å². The zero-order valence-corrected chi connectivity index (χ0v) is 18.4. The van der Waals surface area contributed by atoms with E-state index >= 15 is 0 Å². The first-order valence-electron chi connectivity index (χ1n) is 11.2. The summed E-state index contributed by atoms with van der Waals surface area (Å²) in [6, 6.07) is 11.2. The van der Waals surface area contributed by atoms with E-state index in [1.54, 1.807) is 19.5 Å². The highest BCUT2D eigenvalue weighted by molar-refractivity contribution is 5.91. The molecule has 168 valence electrons. The fourth-order valence-electron chi connectivity index (χ4n) is 3.89. The van der Waals surface area contributed by atoms with Gasteiger partial charge in [-0.2, -0.15) is 0 Å². The van der Waals surface area contributed by atoms with Gasteiger partial charge in [-0.25, -0.2) is 9.97 Å². The number of amides is 1. The first-order valence-corrected chi connectivity index (χ1v) is 11.2. The van der Waals surface area contributed by atoms with Gasteiger partial charge in [-0.15, -0.1) is 0 Å². The lowest BCUT2D eigenvalue weighted by atomic mass is 9.90. The van der Waals surface area contributed by atoms with Gasteiger partial charge in [-0.05, 0) is 55.2 Å². The Kier molecular flexibility index (Phi) is 7.38. The quantitative estimate of drug-likeness (QED) is 0.492. The molecular formula is C25H29N3O4. The van der Waals surface area contributed by atoms with Crippen LogP contribution in [0.4, 0.5) is 5.82 Å². The number of carbonyl (C=O) groups excluding carboxylic acids is 1. The van der Waals surface area contributed by atoms with E-state index in [1.165, 1.54) is 32.1 Å². The van der Waals surface area contributed by atoms with Gasteiger partial charge in [0, 0.05) is 24.6 Å². The van der Waals surface area contributed by atoms with E-state index in [2.05, 4.69) is 15.3 Å². The van der Waals surface area contributed by atoms with E-state index in [1.807, 2.05) is 36.4 Å². The third kappa shape index (κ3) is 5.87. The molecule has 1 aliphatic carbocycles. The fourth-order valence-corrected chi connectivity index (χ4v) is 3.89. The Bertz CT molecular complexity index is 1010. The molecule has 4 rings (SSSR count). The highest BCUT2D eigenvalue weighted by atomic mass is 16.5. The van der Waals surface area contributed by atoms with Crippen LogP contribution in [0.25, 0.3) is 11.3 Å². The number of hydrogen-bond acceptors (Lipinski definition) is 6. The van der Waals surface area contributed by atoms with Crippen molar-refractivity contribution in [1.82, 2.24) is 9.97 Å². The molecule has 1 amide bonds. The van der Waals surface area contributed by atoms with Crippen molar-refractivity contribution in [3.8, 4) is 22.8 Å². The largest absolute Gasteiger partial charge is 0.497 e. The Labute approximate surface area is 188 Å². The van der Waals surface area contributed by atoms with Crippen molar-refractivity contribution in [2.75, 3.05) is 19.0 Å². The lowest BCUT2D eigenvalue weighted by Gasteiger charge is -2.22.